The predicted molar refractivity (Wildman–Crippen MR) is 70.4 cm³/mol. The monoisotopic (exact) mass is 226 g/mol. The topological polar surface area (TPSA) is 20.2 Å². The molecule has 0 aromatic heterocycles. The molecule has 0 aliphatic heterocycles. The van der Waals surface area contributed by atoms with Gasteiger partial charge in [0.1, 0.15) is 0 Å². The molecule has 0 aromatic carbocycles. The molecule has 0 aromatic rings. The lowest BCUT2D eigenvalue weighted by Gasteiger charge is -2.42. The number of aliphatic hydroxyl groups is 1. The molecule has 96 valence electrons. The predicted octanol–water partition coefficient (Wildman–Crippen LogP) is 4.25. The van der Waals surface area contributed by atoms with E-state index in [1.54, 1.807) is 0 Å². The highest BCUT2D eigenvalue weighted by molar-refractivity contribution is 4.88. The van der Waals surface area contributed by atoms with Crippen LogP contribution in [0.1, 0.15) is 67.2 Å². The van der Waals surface area contributed by atoms with Gasteiger partial charge in [0.05, 0.1) is 6.10 Å². The standard InChI is InChI=1S/C15H30O/c1-14(2,3)10-11-7-8-13(16)12(9-11)15(4,5)6/h11-13,16H,7-10H2,1-6H3. The van der Waals surface area contributed by atoms with E-state index in [0.717, 1.165) is 12.3 Å². The van der Waals surface area contributed by atoms with E-state index in [9.17, 15) is 5.11 Å². The van der Waals surface area contributed by atoms with Crippen molar-refractivity contribution < 1.29 is 5.11 Å². The lowest BCUT2D eigenvalue weighted by molar-refractivity contribution is -0.0146. The zero-order valence-corrected chi connectivity index (χ0v) is 12.0. The molecule has 0 amide bonds. The van der Waals surface area contributed by atoms with Gasteiger partial charge in [-0.3, -0.25) is 0 Å². The molecule has 0 bridgehead atoms. The van der Waals surface area contributed by atoms with Gasteiger partial charge < -0.3 is 5.11 Å². The molecule has 3 unspecified atom stereocenters. The fourth-order valence-corrected chi connectivity index (χ4v) is 3.22. The first kappa shape index (κ1) is 14.0. The number of hydrogen-bond donors (Lipinski definition) is 1. The third kappa shape index (κ3) is 4.08. The van der Waals surface area contributed by atoms with Crippen LogP contribution in [0.3, 0.4) is 0 Å². The van der Waals surface area contributed by atoms with Crippen molar-refractivity contribution in [3.8, 4) is 0 Å². The van der Waals surface area contributed by atoms with Crippen molar-refractivity contribution in [3.05, 3.63) is 0 Å². The number of aliphatic hydroxyl groups excluding tert-OH is 1. The molecule has 1 fully saturated rings. The van der Waals surface area contributed by atoms with Crippen molar-refractivity contribution in [1.29, 1.82) is 0 Å². The van der Waals surface area contributed by atoms with Gasteiger partial charge in [0, 0.05) is 0 Å². The van der Waals surface area contributed by atoms with E-state index in [1.165, 1.54) is 19.3 Å². The summed E-state index contributed by atoms with van der Waals surface area (Å²) in [6.07, 6.45) is 4.65. The van der Waals surface area contributed by atoms with Gasteiger partial charge in [-0.15, -0.1) is 0 Å². The van der Waals surface area contributed by atoms with Crippen LogP contribution in [0.15, 0.2) is 0 Å². The zero-order valence-electron chi connectivity index (χ0n) is 12.0. The lowest BCUT2D eigenvalue weighted by atomic mass is 9.65. The average molecular weight is 226 g/mol. The average Bonchev–Trinajstić information content (AvgIpc) is 2.04. The van der Waals surface area contributed by atoms with E-state index in [0.29, 0.717) is 11.3 Å². The van der Waals surface area contributed by atoms with Crippen molar-refractivity contribution in [3.63, 3.8) is 0 Å². The molecule has 0 spiro atoms. The summed E-state index contributed by atoms with van der Waals surface area (Å²) in [5.41, 5.74) is 0.672. The Labute approximate surface area is 102 Å². The second-order valence-corrected chi connectivity index (χ2v) is 7.98. The summed E-state index contributed by atoms with van der Waals surface area (Å²) in [6, 6.07) is 0. The maximum atomic E-state index is 10.1. The van der Waals surface area contributed by atoms with Gasteiger partial charge in [0.2, 0.25) is 0 Å². The van der Waals surface area contributed by atoms with E-state index in [1.807, 2.05) is 0 Å². The van der Waals surface area contributed by atoms with E-state index < -0.39 is 0 Å². The lowest BCUT2D eigenvalue weighted by Crippen LogP contribution is -2.38. The first-order valence-corrected chi connectivity index (χ1v) is 6.78. The van der Waals surface area contributed by atoms with Crippen LogP contribution in [0.5, 0.6) is 0 Å². The fraction of sp³-hybridized carbons (Fsp3) is 1.00. The summed E-state index contributed by atoms with van der Waals surface area (Å²) in [5, 5.41) is 10.1. The fourth-order valence-electron chi connectivity index (χ4n) is 3.22. The molecule has 1 saturated carbocycles. The van der Waals surface area contributed by atoms with E-state index >= 15 is 0 Å². The SMILES string of the molecule is CC(C)(C)CC1CCC(O)C(C(C)(C)C)C1. The minimum atomic E-state index is -0.0729. The Morgan fingerprint density at radius 1 is 1.00 bits per heavy atom. The first-order valence-electron chi connectivity index (χ1n) is 6.78. The Morgan fingerprint density at radius 2 is 1.56 bits per heavy atom. The second kappa shape index (κ2) is 4.68. The maximum absolute atomic E-state index is 10.1. The molecule has 3 atom stereocenters. The summed E-state index contributed by atoms with van der Waals surface area (Å²) < 4.78 is 0. The van der Waals surface area contributed by atoms with Crippen LogP contribution in [-0.2, 0) is 0 Å². The molecule has 1 nitrogen and oxygen atoms in total. The Bertz CT molecular complexity index is 219. The van der Waals surface area contributed by atoms with Gasteiger partial charge in [0.15, 0.2) is 0 Å². The maximum Gasteiger partial charge on any atom is 0.0573 e. The van der Waals surface area contributed by atoms with Gasteiger partial charge in [-0.1, -0.05) is 41.5 Å². The van der Waals surface area contributed by atoms with Gasteiger partial charge in [-0.2, -0.15) is 0 Å². The van der Waals surface area contributed by atoms with Gasteiger partial charge >= 0.3 is 0 Å². The van der Waals surface area contributed by atoms with E-state index in [-0.39, 0.29) is 11.5 Å². The second-order valence-electron chi connectivity index (χ2n) is 7.98. The number of hydrogen-bond acceptors (Lipinski definition) is 1. The summed E-state index contributed by atoms with van der Waals surface area (Å²) in [5.74, 6) is 1.29. The molecule has 0 heterocycles. The Morgan fingerprint density at radius 3 is 2.00 bits per heavy atom. The molecule has 0 radical (unpaired) electrons. The summed E-state index contributed by atoms with van der Waals surface area (Å²) in [4.78, 5) is 0. The quantitative estimate of drug-likeness (QED) is 0.709. The largest absolute Gasteiger partial charge is 0.393 e. The first-order chi connectivity index (χ1) is 7.09. The van der Waals surface area contributed by atoms with E-state index in [2.05, 4.69) is 41.5 Å². The molecule has 1 aliphatic rings. The summed E-state index contributed by atoms with van der Waals surface area (Å²) in [7, 11) is 0. The van der Waals surface area contributed by atoms with Gasteiger partial charge in [-0.05, 0) is 48.3 Å². The summed E-state index contributed by atoms with van der Waals surface area (Å²) in [6.45, 7) is 13.8. The van der Waals surface area contributed by atoms with Crippen LogP contribution in [0.25, 0.3) is 0 Å². The molecular formula is C15H30O. The smallest absolute Gasteiger partial charge is 0.0573 e. The molecule has 16 heavy (non-hydrogen) atoms. The molecule has 0 saturated heterocycles. The zero-order chi connectivity index (χ0) is 12.6. The Hall–Kier alpha value is -0.0400. The van der Waals surface area contributed by atoms with Crippen LogP contribution >= 0.6 is 0 Å². The van der Waals surface area contributed by atoms with Crippen LogP contribution in [0, 0.1) is 22.7 Å². The van der Waals surface area contributed by atoms with Crippen molar-refractivity contribution in [2.24, 2.45) is 22.7 Å². The third-order valence-electron chi connectivity index (χ3n) is 3.94. The highest BCUT2D eigenvalue weighted by atomic mass is 16.3. The van der Waals surface area contributed by atoms with E-state index in [4.69, 9.17) is 0 Å². The van der Waals surface area contributed by atoms with Gasteiger partial charge in [0.25, 0.3) is 0 Å². The van der Waals surface area contributed by atoms with Gasteiger partial charge in [-0.25, -0.2) is 0 Å². The summed E-state index contributed by atoms with van der Waals surface area (Å²) >= 11 is 0. The number of rotatable bonds is 1. The highest BCUT2D eigenvalue weighted by Crippen LogP contribution is 2.43. The molecule has 1 aliphatic carbocycles. The van der Waals surface area contributed by atoms with Crippen molar-refractivity contribution in [2.45, 2.75) is 73.3 Å². The molecular weight excluding hydrogens is 196 g/mol. The molecule has 1 rings (SSSR count). The van der Waals surface area contributed by atoms with Crippen LogP contribution in [0.4, 0.5) is 0 Å². The molecule has 1 heteroatoms. The molecule has 1 N–H and O–H groups in total. The van der Waals surface area contributed by atoms with Crippen molar-refractivity contribution >= 4 is 0 Å². The normalized spacial score (nSPS) is 32.8. The van der Waals surface area contributed by atoms with Crippen molar-refractivity contribution in [2.75, 3.05) is 0 Å². The minimum absolute atomic E-state index is 0.0729. The minimum Gasteiger partial charge on any atom is -0.393 e. The van der Waals surface area contributed by atoms with Crippen LogP contribution in [0.2, 0.25) is 0 Å². The highest BCUT2D eigenvalue weighted by Gasteiger charge is 2.37. The van der Waals surface area contributed by atoms with Crippen LogP contribution < -0.4 is 0 Å². The third-order valence-corrected chi connectivity index (χ3v) is 3.94. The Balaban J connectivity index is 2.61. The van der Waals surface area contributed by atoms with Crippen molar-refractivity contribution in [1.82, 2.24) is 0 Å². The van der Waals surface area contributed by atoms with Crippen LogP contribution in [-0.4, -0.2) is 11.2 Å². The Kier molecular flexibility index (Phi) is 4.10.